The Labute approximate surface area is 74.5 Å². The van der Waals surface area contributed by atoms with E-state index in [0.29, 0.717) is 0 Å². The lowest BCUT2D eigenvalue weighted by molar-refractivity contribution is -0.104. The summed E-state index contributed by atoms with van der Waals surface area (Å²) in [6, 6.07) is 0. The molecule has 0 aliphatic carbocycles. The first-order valence-corrected chi connectivity index (χ1v) is 4.32. The molecule has 0 aliphatic heterocycles. The van der Waals surface area contributed by atoms with Crippen molar-refractivity contribution < 1.29 is 4.79 Å². The lowest BCUT2D eigenvalue weighted by atomic mass is 10.3. The quantitative estimate of drug-likeness (QED) is 0.335. The highest BCUT2D eigenvalue weighted by Gasteiger charge is 1.71. The molecule has 66 valence electrons. The van der Waals surface area contributed by atoms with E-state index in [1.165, 1.54) is 6.08 Å². The molecule has 0 aromatic rings. The number of allylic oxidation sites excluding steroid dienone is 6. The first kappa shape index (κ1) is 10.9. The van der Waals surface area contributed by atoms with Crippen LogP contribution in [0.3, 0.4) is 0 Å². The topological polar surface area (TPSA) is 17.1 Å². The van der Waals surface area contributed by atoms with Gasteiger partial charge in [-0.1, -0.05) is 37.3 Å². The summed E-state index contributed by atoms with van der Waals surface area (Å²) in [5.41, 5.74) is 0. The van der Waals surface area contributed by atoms with Crippen molar-refractivity contribution in [3.05, 3.63) is 36.5 Å². The van der Waals surface area contributed by atoms with Gasteiger partial charge in [0, 0.05) is 0 Å². The highest BCUT2D eigenvalue weighted by Crippen LogP contribution is 1.91. The van der Waals surface area contributed by atoms with E-state index in [9.17, 15) is 4.79 Å². The molecular weight excluding hydrogens is 148 g/mol. The van der Waals surface area contributed by atoms with Crippen LogP contribution in [0.25, 0.3) is 0 Å². The van der Waals surface area contributed by atoms with Crippen LogP contribution in [0.1, 0.15) is 26.2 Å². The van der Waals surface area contributed by atoms with Gasteiger partial charge in [0.1, 0.15) is 6.29 Å². The van der Waals surface area contributed by atoms with Crippen LogP contribution in [0, 0.1) is 0 Å². The number of hydrogen-bond donors (Lipinski definition) is 0. The fourth-order valence-electron chi connectivity index (χ4n) is 0.747. The molecule has 0 fully saturated rings. The van der Waals surface area contributed by atoms with E-state index in [-0.39, 0.29) is 0 Å². The van der Waals surface area contributed by atoms with Crippen molar-refractivity contribution in [3.8, 4) is 0 Å². The fourth-order valence-corrected chi connectivity index (χ4v) is 0.747. The lowest BCUT2D eigenvalue weighted by Crippen LogP contribution is -1.62. The summed E-state index contributed by atoms with van der Waals surface area (Å²) in [5.74, 6) is 0. The molecule has 0 atom stereocenters. The Kier molecular flexibility index (Phi) is 8.98. The van der Waals surface area contributed by atoms with Gasteiger partial charge in [-0.15, -0.1) is 0 Å². The third-order valence-electron chi connectivity index (χ3n) is 1.33. The molecule has 0 heterocycles. The maximum absolute atomic E-state index is 9.86. The minimum Gasteiger partial charge on any atom is -0.299 e. The van der Waals surface area contributed by atoms with Gasteiger partial charge in [-0.3, -0.25) is 4.79 Å². The largest absolute Gasteiger partial charge is 0.299 e. The van der Waals surface area contributed by atoms with Crippen molar-refractivity contribution in [2.75, 3.05) is 0 Å². The van der Waals surface area contributed by atoms with Crippen LogP contribution in [-0.2, 0) is 4.79 Å². The maximum atomic E-state index is 9.86. The molecule has 1 nitrogen and oxygen atoms in total. The van der Waals surface area contributed by atoms with Crippen molar-refractivity contribution in [1.82, 2.24) is 0 Å². The second-order valence-electron chi connectivity index (χ2n) is 2.39. The molecule has 0 unspecified atom stereocenters. The normalized spacial score (nSPS) is 12.1. The van der Waals surface area contributed by atoms with Gasteiger partial charge < -0.3 is 0 Å². The van der Waals surface area contributed by atoms with Gasteiger partial charge in [-0.2, -0.15) is 0 Å². The molecule has 0 saturated heterocycles. The van der Waals surface area contributed by atoms with E-state index in [1.807, 2.05) is 6.08 Å². The Balaban J connectivity index is 3.31. The number of rotatable bonds is 6. The van der Waals surface area contributed by atoms with Crippen molar-refractivity contribution in [2.24, 2.45) is 0 Å². The third-order valence-corrected chi connectivity index (χ3v) is 1.33. The summed E-state index contributed by atoms with van der Waals surface area (Å²) in [6.45, 7) is 2.12. The van der Waals surface area contributed by atoms with Gasteiger partial charge in [-0.05, 0) is 25.3 Å². The predicted octanol–water partition coefficient (Wildman–Crippen LogP) is 3.04. The number of hydrogen-bond acceptors (Lipinski definition) is 1. The minimum atomic E-state index is 0.796. The standard InChI is InChI=1S/C11H16O/c1-2-3-4-5-6-7-8-9-10-11-12/h3-4,6-7,9-11H,2,5,8H2,1H3/b4-3-,7-6-,10-9-. The molecule has 0 rings (SSSR count). The number of carbonyl (C=O) groups is 1. The van der Waals surface area contributed by atoms with Crippen LogP contribution < -0.4 is 0 Å². The first-order valence-electron chi connectivity index (χ1n) is 4.32. The van der Waals surface area contributed by atoms with Crippen LogP contribution in [0.5, 0.6) is 0 Å². The lowest BCUT2D eigenvalue weighted by Gasteiger charge is -1.81. The Morgan fingerprint density at radius 3 is 2.08 bits per heavy atom. The average Bonchev–Trinajstić information content (AvgIpc) is 2.10. The van der Waals surface area contributed by atoms with Gasteiger partial charge in [0.2, 0.25) is 0 Å². The van der Waals surface area contributed by atoms with E-state index in [0.717, 1.165) is 25.5 Å². The zero-order valence-electron chi connectivity index (χ0n) is 7.57. The summed E-state index contributed by atoms with van der Waals surface area (Å²) in [6.07, 6.45) is 15.5. The molecule has 0 bridgehead atoms. The molecule has 0 aromatic carbocycles. The smallest absolute Gasteiger partial charge is 0.142 e. The maximum Gasteiger partial charge on any atom is 0.142 e. The predicted molar refractivity (Wildman–Crippen MR) is 53.0 cm³/mol. The van der Waals surface area contributed by atoms with Gasteiger partial charge in [0.15, 0.2) is 0 Å². The van der Waals surface area contributed by atoms with Gasteiger partial charge in [-0.25, -0.2) is 0 Å². The van der Waals surface area contributed by atoms with Crippen molar-refractivity contribution in [3.63, 3.8) is 0 Å². The minimum absolute atomic E-state index is 0.796. The molecule has 0 radical (unpaired) electrons. The van der Waals surface area contributed by atoms with Crippen LogP contribution >= 0.6 is 0 Å². The monoisotopic (exact) mass is 164 g/mol. The highest BCUT2D eigenvalue weighted by atomic mass is 16.1. The summed E-state index contributed by atoms with van der Waals surface area (Å²) in [5, 5.41) is 0. The summed E-state index contributed by atoms with van der Waals surface area (Å²) < 4.78 is 0. The molecule has 0 N–H and O–H groups in total. The van der Waals surface area contributed by atoms with E-state index in [2.05, 4.69) is 31.2 Å². The van der Waals surface area contributed by atoms with Gasteiger partial charge >= 0.3 is 0 Å². The second-order valence-corrected chi connectivity index (χ2v) is 2.39. The van der Waals surface area contributed by atoms with E-state index < -0.39 is 0 Å². The Morgan fingerprint density at radius 2 is 1.50 bits per heavy atom. The van der Waals surface area contributed by atoms with Crippen LogP contribution in [0.4, 0.5) is 0 Å². The molecular formula is C11H16O. The van der Waals surface area contributed by atoms with Crippen LogP contribution in [-0.4, -0.2) is 6.29 Å². The fraction of sp³-hybridized carbons (Fsp3) is 0.364. The summed E-state index contributed by atoms with van der Waals surface area (Å²) in [4.78, 5) is 9.86. The van der Waals surface area contributed by atoms with E-state index in [1.54, 1.807) is 0 Å². The first-order chi connectivity index (χ1) is 5.91. The zero-order chi connectivity index (χ0) is 9.07. The number of carbonyl (C=O) groups excluding carboxylic acids is 1. The summed E-state index contributed by atoms with van der Waals surface area (Å²) in [7, 11) is 0. The van der Waals surface area contributed by atoms with Gasteiger partial charge in [0.05, 0.1) is 0 Å². The van der Waals surface area contributed by atoms with Crippen LogP contribution in [0.15, 0.2) is 36.5 Å². The molecule has 0 spiro atoms. The Morgan fingerprint density at radius 1 is 0.917 bits per heavy atom. The van der Waals surface area contributed by atoms with Crippen molar-refractivity contribution in [1.29, 1.82) is 0 Å². The highest BCUT2D eigenvalue weighted by molar-refractivity contribution is 5.64. The SMILES string of the molecule is CC/C=C\C/C=C\C/C=C\C=O. The van der Waals surface area contributed by atoms with Crippen molar-refractivity contribution in [2.45, 2.75) is 26.2 Å². The second kappa shape index (κ2) is 9.89. The molecule has 0 aromatic heterocycles. The summed E-state index contributed by atoms with van der Waals surface area (Å²) >= 11 is 0. The average molecular weight is 164 g/mol. The van der Waals surface area contributed by atoms with E-state index >= 15 is 0 Å². The Hall–Kier alpha value is -1.11. The van der Waals surface area contributed by atoms with Crippen LogP contribution in [0.2, 0.25) is 0 Å². The number of aldehydes is 1. The third kappa shape index (κ3) is 8.89. The molecule has 0 amide bonds. The molecule has 0 aliphatic rings. The zero-order valence-corrected chi connectivity index (χ0v) is 7.57. The Bertz CT molecular complexity index is 175. The van der Waals surface area contributed by atoms with Gasteiger partial charge in [0.25, 0.3) is 0 Å². The molecule has 1 heteroatoms. The van der Waals surface area contributed by atoms with Crippen molar-refractivity contribution >= 4 is 6.29 Å². The molecule has 0 saturated carbocycles. The molecule has 12 heavy (non-hydrogen) atoms. The van der Waals surface area contributed by atoms with E-state index in [4.69, 9.17) is 0 Å².